The Morgan fingerprint density at radius 2 is 2.13 bits per heavy atom. The summed E-state index contributed by atoms with van der Waals surface area (Å²) in [4.78, 5) is 29.2. The van der Waals surface area contributed by atoms with Gasteiger partial charge in [0.15, 0.2) is 0 Å². The van der Waals surface area contributed by atoms with Gasteiger partial charge in [-0.2, -0.15) is 0 Å². The number of benzene rings is 1. The smallest absolute Gasteiger partial charge is 0.270 e. The molecule has 2 aliphatic heterocycles. The lowest BCUT2D eigenvalue weighted by Gasteiger charge is -2.21. The van der Waals surface area contributed by atoms with E-state index in [1.807, 2.05) is 6.07 Å². The second kappa shape index (κ2) is 5.14. The highest BCUT2D eigenvalue weighted by atomic mass is 35.5. The number of fused-ring (bicyclic) bond motifs is 1. The second-order valence-electron chi connectivity index (χ2n) is 6.44. The van der Waals surface area contributed by atoms with Gasteiger partial charge in [0.25, 0.3) is 5.91 Å². The number of aromatic amines is 1. The summed E-state index contributed by atoms with van der Waals surface area (Å²) in [5.74, 6) is 0.0101. The highest BCUT2D eigenvalue weighted by Gasteiger charge is 2.45. The number of H-pyrrole nitrogens is 1. The van der Waals surface area contributed by atoms with Crippen LogP contribution in [0.3, 0.4) is 0 Å². The van der Waals surface area contributed by atoms with Crippen molar-refractivity contribution >= 4 is 45.9 Å². The van der Waals surface area contributed by atoms with Gasteiger partial charge >= 0.3 is 0 Å². The minimum atomic E-state index is -0.0975. The Morgan fingerprint density at radius 3 is 2.87 bits per heavy atom. The molecule has 2 saturated heterocycles. The van der Waals surface area contributed by atoms with E-state index in [9.17, 15) is 9.59 Å². The van der Waals surface area contributed by atoms with Crippen molar-refractivity contribution in [2.24, 2.45) is 5.41 Å². The number of aromatic nitrogens is 1. The summed E-state index contributed by atoms with van der Waals surface area (Å²) >= 11 is 12.2. The van der Waals surface area contributed by atoms with Crippen molar-refractivity contribution in [2.45, 2.75) is 12.8 Å². The molecule has 1 unspecified atom stereocenters. The molecule has 2 N–H and O–H groups in total. The minimum absolute atomic E-state index is 0.0652. The first kappa shape index (κ1) is 14.8. The van der Waals surface area contributed by atoms with Crippen molar-refractivity contribution in [1.29, 1.82) is 0 Å². The van der Waals surface area contributed by atoms with Crippen LogP contribution in [0.15, 0.2) is 18.2 Å². The fourth-order valence-electron chi connectivity index (χ4n) is 3.58. The molecule has 4 rings (SSSR count). The van der Waals surface area contributed by atoms with Crippen molar-refractivity contribution < 1.29 is 9.59 Å². The molecule has 0 bridgehead atoms. The van der Waals surface area contributed by atoms with Crippen LogP contribution < -0.4 is 5.32 Å². The average Bonchev–Trinajstić information content (AvgIpc) is 3.22. The van der Waals surface area contributed by atoms with Gasteiger partial charge in [-0.15, -0.1) is 0 Å². The van der Waals surface area contributed by atoms with Crippen molar-refractivity contribution in [3.8, 4) is 0 Å². The van der Waals surface area contributed by atoms with Crippen LogP contribution in [0, 0.1) is 5.41 Å². The lowest BCUT2D eigenvalue weighted by atomic mass is 9.86. The van der Waals surface area contributed by atoms with Gasteiger partial charge in [-0.1, -0.05) is 23.2 Å². The van der Waals surface area contributed by atoms with Gasteiger partial charge in [-0.25, -0.2) is 0 Å². The first-order valence-electron chi connectivity index (χ1n) is 7.50. The quantitative estimate of drug-likeness (QED) is 0.829. The van der Waals surface area contributed by atoms with E-state index >= 15 is 0 Å². The van der Waals surface area contributed by atoms with Crippen LogP contribution in [0.5, 0.6) is 0 Å². The first-order valence-corrected chi connectivity index (χ1v) is 8.26. The molecule has 1 aromatic carbocycles. The van der Waals surface area contributed by atoms with E-state index in [0.717, 1.165) is 17.3 Å². The van der Waals surface area contributed by atoms with Gasteiger partial charge in [-0.05, 0) is 24.6 Å². The average molecular weight is 352 g/mol. The summed E-state index contributed by atoms with van der Waals surface area (Å²) in [7, 11) is 0. The molecular formula is C16H15Cl2N3O2. The molecule has 0 radical (unpaired) electrons. The molecule has 0 saturated carbocycles. The number of hydrogen-bond acceptors (Lipinski definition) is 2. The molecule has 1 aromatic heterocycles. The number of hydrogen-bond donors (Lipinski definition) is 2. The topological polar surface area (TPSA) is 65.2 Å². The predicted molar refractivity (Wildman–Crippen MR) is 88.9 cm³/mol. The molecule has 1 atom stereocenters. The molecule has 7 heteroatoms. The number of halogens is 2. The largest absolute Gasteiger partial charge is 0.355 e. The highest BCUT2D eigenvalue weighted by molar-refractivity contribution is 6.45. The molecule has 23 heavy (non-hydrogen) atoms. The summed E-state index contributed by atoms with van der Waals surface area (Å²) in [6.45, 7) is 1.93. The third kappa shape index (κ3) is 2.39. The van der Waals surface area contributed by atoms with Gasteiger partial charge in [0, 0.05) is 42.4 Å². The monoisotopic (exact) mass is 351 g/mol. The summed E-state index contributed by atoms with van der Waals surface area (Å²) < 4.78 is 0. The number of rotatable bonds is 1. The van der Waals surface area contributed by atoms with Crippen molar-refractivity contribution in [3.63, 3.8) is 0 Å². The molecule has 2 fully saturated rings. The first-order chi connectivity index (χ1) is 11.0. The molecule has 1 spiro atoms. The maximum Gasteiger partial charge on any atom is 0.270 e. The van der Waals surface area contributed by atoms with Crippen molar-refractivity contribution in [1.82, 2.24) is 15.2 Å². The zero-order chi connectivity index (χ0) is 16.2. The molecule has 2 aromatic rings. The zero-order valence-corrected chi connectivity index (χ0v) is 13.8. The van der Waals surface area contributed by atoms with Gasteiger partial charge in [0.2, 0.25) is 5.91 Å². The Labute approximate surface area is 142 Å². The lowest BCUT2D eigenvalue weighted by Crippen LogP contribution is -2.33. The lowest BCUT2D eigenvalue weighted by molar-refractivity contribution is -0.119. The predicted octanol–water partition coefficient (Wildman–Crippen LogP) is 2.83. The number of carbonyl (C=O) groups excluding carboxylic acids is 2. The minimum Gasteiger partial charge on any atom is -0.355 e. The fourth-order valence-corrected chi connectivity index (χ4v) is 3.96. The number of amides is 2. The van der Waals surface area contributed by atoms with Gasteiger partial charge < -0.3 is 15.2 Å². The van der Waals surface area contributed by atoms with Gasteiger partial charge in [0.1, 0.15) is 5.69 Å². The maximum atomic E-state index is 12.7. The Kier molecular flexibility index (Phi) is 3.32. The van der Waals surface area contributed by atoms with E-state index in [-0.39, 0.29) is 17.2 Å². The number of nitrogens with one attached hydrogen (secondary N) is 2. The zero-order valence-electron chi connectivity index (χ0n) is 12.3. The van der Waals surface area contributed by atoms with Crippen molar-refractivity contribution in [3.05, 3.63) is 33.9 Å². The number of likely N-dealkylation sites (tertiary alicyclic amines) is 1. The Morgan fingerprint density at radius 1 is 1.30 bits per heavy atom. The van der Waals surface area contributed by atoms with E-state index in [1.165, 1.54) is 0 Å². The van der Waals surface area contributed by atoms with E-state index in [0.29, 0.717) is 41.8 Å². The van der Waals surface area contributed by atoms with E-state index in [1.54, 1.807) is 17.0 Å². The number of nitrogens with zero attached hydrogens (tertiary/aromatic N) is 1. The van der Waals surface area contributed by atoms with Crippen LogP contribution in [0.1, 0.15) is 23.3 Å². The molecule has 0 aliphatic carbocycles. The van der Waals surface area contributed by atoms with Gasteiger partial charge in [-0.3, -0.25) is 9.59 Å². The van der Waals surface area contributed by atoms with Crippen LogP contribution in [0.25, 0.3) is 10.9 Å². The Bertz CT molecular complexity index is 832. The standard InChI is InChI=1S/C16H15Cl2N3O2/c17-10-1-2-11-9(14(10)18)5-12(20-11)15(23)21-4-3-16(8-21)6-13(22)19-7-16/h1-2,5,20H,3-4,6-8H2,(H,19,22). The van der Waals surface area contributed by atoms with Crippen LogP contribution >= 0.6 is 23.2 Å². The maximum absolute atomic E-state index is 12.7. The molecule has 2 aliphatic rings. The van der Waals surface area contributed by atoms with Gasteiger partial charge in [0.05, 0.1) is 10.0 Å². The number of carbonyl (C=O) groups is 2. The van der Waals surface area contributed by atoms with Crippen LogP contribution in [-0.4, -0.2) is 41.3 Å². The SMILES string of the molecule is O=C1CC2(CCN(C(=O)c3cc4c(Cl)c(Cl)ccc4[nH]3)C2)CN1. The van der Waals surface area contributed by atoms with Crippen LogP contribution in [0.4, 0.5) is 0 Å². The molecule has 2 amide bonds. The summed E-state index contributed by atoms with van der Waals surface area (Å²) in [5.41, 5.74) is 1.19. The Hall–Kier alpha value is -1.72. The molecular weight excluding hydrogens is 337 g/mol. The summed E-state index contributed by atoms with van der Waals surface area (Å²) in [6.07, 6.45) is 1.36. The fraction of sp³-hybridized carbons (Fsp3) is 0.375. The summed E-state index contributed by atoms with van der Waals surface area (Å²) in [5, 5.41) is 4.53. The van der Waals surface area contributed by atoms with Crippen LogP contribution in [0.2, 0.25) is 10.0 Å². The Balaban J connectivity index is 1.60. The summed E-state index contributed by atoms with van der Waals surface area (Å²) in [6, 6.07) is 5.26. The highest BCUT2D eigenvalue weighted by Crippen LogP contribution is 2.37. The van der Waals surface area contributed by atoms with E-state index < -0.39 is 0 Å². The van der Waals surface area contributed by atoms with E-state index in [4.69, 9.17) is 23.2 Å². The van der Waals surface area contributed by atoms with Crippen LogP contribution in [-0.2, 0) is 4.79 Å². The molecule has 5 nitrogen and oxygen atoms in total. The van der Waals surface area contributed by atoms with Crippen molar-refractivity contribution in [2.75, 3.05) is 19.6 Å². The third-order valence-electron chi connectivity index (χ3n) is 4.84. The molecule has 3 heterocycles. The van der Waals surface area contributed by atoms with E-state index in [2.05, 4.69) is 10.3 Å². The third-order valence-corrected chi connectivity index (χ3v) is 5.66. The second-order valence-corrected chi connectivity index (χ2v) is 7.22. The molecule has 120 valence electrons. The normalized spacial score (nSPS) is 23.9.